The molecule has 1 aliphatic carbocycles. The first kappa shape index (κ1) is 10.1. The summed E-state index contributed by atoms with van der Waals surface area (Å²) in [5.74, 6) is -0.812. The molecule has 2 fully saturated rings. The molecule has 6 nitrogen and oxygen atoms in total. The molecule has 15 heavy (non-hydrogen) atoms. The van der Waals surface area contributed by atoms with Gasteiger partial charge in [0.15, 0.2) is 0 Å². The number of amides is 4. The van der Waals surface area contributed by atoms with E-state index < -0.39 is 11.9 Å². The third-order valence-electron chi connectivity index (χ3n) is 2.57. The van der Waals surface area contributed by atoms with Gasteiger partial charge < -0.3 is 5.73 Å². The Morgan fingerprint density at radius 3 is 2.40 bits per heavy atom. The number of rotatable bonds is 3. The Morgan fingerprint density at radius 2 is 1.87 bits per heavy atom. The standard InChI is InChI=1S/C9H13N3O3/c10-3-4-11-7(13)5-8(14)12(9(11)15)6-1-2-6/h6H,1-5,10H2. The van der Waals surface area contributed by atoms with Gasteiger partial charge in [0.05, 0.1) is 0 Å². The molecule has 0 radical (unpaired) electrons. The molecule has 2 aliphatic rings. The van der Waals surface area contributed by atoms with Gasteiger partial charge in [-0.2, -0.15) is 0 Å². The van der Waals surface area contributed by atoms with Crippen LogP contribution in [0.5, 0.6) is 0 Å². The summed E-state index contributed by atoms with van der Waals surface area (Å²) in [7, 11) is 0. The lowest BCUT2D eigenvalue weighted by Gasteiger charge is -2.32. The molecule has 0 aromatic carbocycles. The highest BCUT2D eigenvalue weighted by atomic mass is 16.2. The number of carbonyl (C=O) groups excluding carboxylic acids is 3. The summed E-state index contributed by atoms with van der Waals surface area (Å²) in [6.45, 7) is 0.415. The van der Waals surface area contributed by atoms with Crippen LogP contribution in [0, 0.1) is 0 Å². The van der Waals surface area contributed by atoms with Crippen molar-refractivity contribution in [2.24, 2.45) is 5.73 Å². The fourth-order valence-corrected chi connectivity index (χ4v) is 1.70. The number of imide groups is 2. The van der Waals surface area contributed by atoms with Crippen molar-refractivity contribution in [3.05, 3.63) is 0 Å². The van der Waals surface area contributed by atoms with Gasteiger partial charge in [0.25, 0.3) is 0 Å². The van der Waals surface area contributed by atoms with Gasteiger partial charge in [-0.25, -0.2) is 4.79 Å². The number of carbonyl (C=O) groups is 3. The molecular formula is C9H13N3O3. The molecule has 6 heteroatoms. The minimum Gasteiger partial charge on any atom is -0.329 e. The van der Waals surface area contributed by atoms with Crippen LogP contribution in [0.2, 0.25) is 0 Å². The Labute approximate surface area is 87.0 Å². The van der Waals surface area contributed by atoms with E-state index in [0.29, 0.717) is 0 Å². The van der Waals surface area contributed by atoms with Gasteiger partial charge in [0, 0.05) is 19.1 Å². The summed E-state index contributed by atoms with van der Waals surface area (Å²) in [5.41, 5.74) is 5.31. The van der Waals surface area contributed by atoms with Crippen LogP contribution in [0.3, 0.4) is 0 Å². The van der Waals surface area contributed by atoms with Gasteiger partial charge in [-0.15, -0.1) is 0 Å². The Bertz CT molecular complexity index is 325. The third kappa shape index (κ3) is 1.72. The maximum absolute atomic E-state index is 11.8. The molecular weight excluding hydrogens is 198 g/mol. The van der Waals surface area contributed by atoms with Gasteiger partial charge >= 0.3 is 6.03 Å². The molecule has 0 spiro atoms. The third-order valence-corrected chi connectivity index (χ3v) is 2.57. The van der Waals surface area contributed by atoms with Crippen molar-refractivity contribution < 1.29 is 14.4 Å². The maximum atomic E-state index is 11.8. The normalized spacial score (nSPS) is 22.6. The number of barbiturate groups is 1. The van der Waals surface area contributed by atoms with E-state index in [0.717, 1.165) is 17.7 Å². The first-order valence-corrected chi connectivity index (χ1v) is 5.01. The molecule has 0 aromatic heterocycles. The molecule has 1 heterocycles. The topological polar surface area (TPSA) is 83.7 Å². The van der Waals surface area contributed by atoms with Gasteiger partial charge in [-0.1, -0.05) is 0 Å². The molecule has 1 saturated carbocycles. The zero-order valence-electron chi connectivity index (χ0n) is 8.31. The summed E-state index contributed by atoms with van der Waals surface area (Å²) in [6.07, 6.45) is 1.49. The molecule has 0 bridgehead atoms. The fraction of sp³-hybridized carbons (Fsp3) is 0.667. The summed E-state index contributed by atoms with van der Waals surface area (Å²) < 4.78 is 0. The highest BCUT2D eigenvalue weighted by Crippen LogP contribution is 2.30. The van der Waals surface area contributed by atoms with Crippen LogP contribution in [-0.4, -0.2) is 46.8 Å². The van der Waals surface area contributed by atoms with Crippen LogP contribution < -0.4 is 5.73 Å². The molecule has 1 aliphatic heterocycles. The Morgan fingerprint density at radius 1 is 1.20 bits per heavy atom. The first-order valence-electron chi connectivity index (χ1n) is 5.01. The van der Waals surface area contributed by atoms with Gasteiger partial charge in [0.1, 0.15) is 6.42 Å². The van der Waals surface area contributed by atoms with Gasteiger partial charge in [-0.3, -0.25) is 19.4 Å². The van der Waals surface area contributed by atoms with Crippen LogP contribution in [0.1, 0.15) is 19.3 Å². The second-order valence-electron chi connectivity index (χ2n) is 3.79. The van der Waals surface area contributed by atoms with Crippen LogP contribution >= 0.6 is 0 Å². The Balaban J connectivity index is 2.16. The summed E-state index contributed by atoms with van der Waals surface area (Å²) >= 11 is 0. The van der Waals surface area contributed by atoms with E-state index in [9.17, 15) is 14.4 Å². The second kappa shape index (κ2) is 3.62. The minimum atomic E-state index is -0.496. The van der Waals surface area contributed by atoms with Crippen LogP contribution in [0.15, 0.2) is 0 Å². The lowest BCUT2D eigenvalue weighted by atomic mass is 10.2. The largest absolute Gasteiger partial charge is 0.333 e. The maximum Gasteiger partial charge on any atom is 0.333 e. The van der Waals surface area contributed by atoms with E-state index in [1.54, 1.807) is 0 Å². The van der Waals surface area contributed by atoms with Crippen molar-refractivity contribution in [3.63, 3.8) is 0 Å². The molecule has 82 valence electrons. The van der Waals surface area contributed by atoms with E-state index in [1.807, 2.05) is 0 Å². The van der Waals surface area contributed by atoms with Crippen molar-refractivity contribution >= 4 is 17.8 Å². The number of hydrogen-bond acceptors (Lipinski definition) is 4. The monoisotopic (exact) mass is 211 g/mol. The van der Waals surface area contributed by atoms with Crippen molar-refractivity contribution in [1.82, 2.24) is 9.80 Å². The summed E-state index contributed by atoms with van der Waals surface area (Å²) in [5, 5.41) is 0. The smallest absolute Gasteiger partial charge is 0.329 e. The highest BCUT2D eigenvalue weighted by molar-refractivity contribution is 6.14. The lowest BCUT2D eigenvalue weighted by Crippen LogP contribution is -2.56. The van der Waals surface area contributed by atoms with Crippen molar-refractivity contribution in [2.75, 3.05) is 13.1 Å². The SMILES string of the molecule is NCCN1C(=O)CC(=O)N(C2CC2)C1=O. The summed E-state index contributed by atoms with van der Waals surface area (Å²) in [6, 6.07) is -0.484. The predicted molar refractivity (Wildman–Crippen MR) is 50.6 cm³/mol. The van der Waals surface area contributed by atoms with E-state index in [2.05, 4.69) is 0 Å². The predicted octanol–water partition coefficient (Wildman–Crippen LogP) is -0.712. The van der Waals surface area contributed by atoms with E-state index in [4.69, 9.17) is 5.73 Å². The number of urea groups is 1. The van der Waals surface area contributed by atoms with Crippen molar-refractivity contribution in [2.45, 2.75) is 25.3 Å². The fourth-order valence-electron chi connectivity index (χ4n) is 1.70. The van der Waals surface area contributed by atoms with Crippen molar-refractivity contribution in [3.8, 4) is 0 Å². The van der Waals surface area contributed by atoms with Crippen molar-refractivity contribution in [1.29, 1.82) is 0 Å². The van der Waals surface area contributed by atoms with Crippen LogP contribution in [0.4, 0.5) is 4.79 Å². The molecule has 0 aromatic rings. The second-order valence-corrected chi connectivity index (χ2v) is 3.79. The van der Waals surface area contributed by atoms with Gasteiger partial charge in [-0.05, 0) is 12.8 Å². The Hall–Kier alpha value is -1.43. The molecule has 1 saturated heterocycles. The first-order chi connectivity index (χ1) is 7.15. The zero-order chi connectivity index (χ0) is 11.0. The molecule has 2 N–H and O–H groups in total. The highest BCUT2D eigenvalue weighted by Gasteiger charge is 2.44. The number of nitrogens with two attached hydrogens (primary N) is 1. The molecule has 0 atom stereocenters. The Kier molecular flexibility index (Phi) is 2.44. The van der Waals surface area contributed by atoms with Gasteiger partial charge in [0.2, 0.25) is 11.8 Å². The average Bonchev–Trinajstić information content (AvgIpc) is 2.96. The van der Waals surface area contributed by atoms with E-state index >= 15 is 0 Å². The lowest BCUT2D eigenvalue weighted by molar-refractivity contribution is -0.142. The quantitative estimate of drug-likeness (QED) is 0.625. The summed E-state index contributed by atoms with van der Waals surface area (Å²) in [4.78, 5) is 36.9. The molecule has 2 rings (SSSR count). The average molecular weight is 211 g/mol. The van der Waals surface area contributed by atoms with E-state index in [1.165, 1.54) is 4.90 Å². The number of hydrogen-bond donors (Lipinski definition) is 1. The zero-order valence-corrected chi connectivity index (χ0v) is 8.31. The van der Waals surface area contributed by atoms with Crippen LogP contribution in [0.25, 0.3) is 0 Å². The minimum absolute atomic E-state index is 0.0124. The molecule has 4 amide bonds. The molecule has 0 unspecified atom stereocenters. The number of nitrogens with zero attached hydrogens (tertiary/aromatic N) is 2. The van der Waals surface area contributed by atoms with Crippen LogP contribution in [-0.2, 0) is 9.59 Å². The van der Waals surface area contributed by atoms with E-state index in [-0.39, 0.29) is 31.5 Å².